The third kappa shape index (κ3) is 4.30. The molecule has 6 heteroatoms. The molecule has 0 fully saturated rings. The van der Waals surface area contributed by atoms with Crippen LogP contribution in [-0.2, 0) is 5.54 Å². The highest BCUT2D eigenvalue weighted by Crippen LogP contribution is 2.39. The van der Waals surface area contributed by atoms with Crippen LogP contribution in [0, 0.1) is 0 Å². The Kier molecular flexibility index (Phi) is 7.38. The van der Waals surface area contributed by atoms with Crippen LogP contribution in [0.25, 0.3) is 0 Å². The van der Waals surface area contributed by atoms with E-state index in [1.807, 2.05) is 86.8 Å². The number of aromatic nitrogens is 4. The summed E-state index contributed by atoms with van der Waals surface area (Å²) in [6, 6.07) is 31.0. The lowest BCUT2D eigenvalue weighted by Gasteiger charge is -2.34. The number of hydrogen-bond donors (Lipinski definition) is 0. The van der Waals surface area contributed by atoms with Gasteiger partial charge in [-0.05, 0) is 36.0 Å². The van der Waals surface area contributed by atoms with Crippen molar-refractivity contribution < 1.29 is 0 Å². The van der Waals surface area contributed by atoms with Crippen LogP contribution < -0.4 is 0 Å². The Labute approximate surface area is 182 Å². The topological polar surface area (TPSA) is 46.8 Å². The number of tetrazole rings is 1. The third-order valence-corrected chi connectivity index (χ3v) is 5.23. The van der Waals surface area contributed by atoms with Crippen LogP contribution in [0.1, 0.15) is 30.5 Å². The van der Waals surface area contributed by atoms with Gasteiger partial charge in [0.05, 0.1) is 0 Å². The van der Waals surface area contributed by atoms with Gasteiger partial charge in [0.1, 0.15) is 0 Å². The van der Waals surface area contributed by atoms with E-state index in [9.17, 15) is 0 Å². The zero-order valence-electron chi connectivity index (χ0n) is 17.8. The van der Waals surface area contributed by atoms with Gasteiger partial charge in [0.15, 0.2) is 5.54 Å². The van der Waals surface area contributed by atoms with Gasteiger partial charge in [-0.1, -0.05) is 110 Å². The monoisotopic (exact) mass is 417 g/mol. The molecule has 0 bridgehead atoms. The molecule has 0 radical (unpaired) electrons. The van der Waals surface area contributed by atoms with Crippen molar-refractivity contribution in [2.75, 3.05) is 14.1 Å². The van der Waals surface area contributed by atoms with Crippen LogP contribution in [0.4, 0.5) is 0 Å². The Balaban J connectivity index is 0.00000124. The Morgan fingerprint density at radius 1 is 0.700 bits per heavy atom. The van der Waals surface area contributed by atoms with E-state index in [0.29, 0.717) is 5.16 Å². The van der Waals surface area contributed by atoms with Crippen molar-refractivity contribution in [3.63, 3.8) is 0 Å². The number of hydrogen-bond acceptors (Lipinski definition) is 5. The van der Waals surface area contributed by atoms with Gasteiger partial charge in [-0.2, -0.15) is 0 Å². The Morgan fingerprint density at radius 3 is 1.47 bits per heavy atom. The molecule has 0 saturated heterocycles. The van der Waals surface area contributed by atoms with Crippen LogP contribution in [0.5, 0.6) is 0 Å². The molecular weight excluding hydrogens is 390 g/mol. The lowest BCUT2D eigenvalue weighted by Crippen LogP contribution is -2.39. The number of nitrogens with zero attached hydrogens (tertiary/aromatic N) is 5. The first-order chi connectivity index (χ1) is 14.7. The van der Waals surface area contributed by atoms with E-state index in [4.69, 9.17) is 5.10 Å². The molecule has 4 rings (SSSR count). The van der Waals surface area contributed by atoms with Gasteiger partial charge in [-0.3, -0.25) is 0 Å². The van der Waals surface area contributed by atoms with Crippen molar-refractivity contribution in [2.45, 2.75) is 24.5 Å². The van der Waals surface area contributed by atoms with Gasteiger partial charge in [-0.25, -0.2) is 4.31 Å². The van der Waals surface area contributed by atoms with Crippen LogP contribution in [0.15, 0.2) is 96.2 Å². The molecule has 30 heavy (non-hydrogen) atoms. The van der Waals surface area contributed by atoms with E-state index >= 15 is 0 Å². The van der Waals surface area contributed by atoms with Crippen molar-refractivity contribution in [1.82, 2.24) is 24.5 Å². The highest BCUT2D eigenvalue weighted by Gasteiger charge is 2.41. The second-order valence-corrected chi connectivity index (χ2v) is 7.85. The first-order valence-electron chi connectivity index (χ1n) is 10.0. The average molecular weight is 418 g/mol. The predicted molar refractivity (Wildman–Crippen MR) is 123 cm³/mol. The Bertz CT molecular complexity index is 921. The first kappa shape index (κ1) is 21.7. The van der Waals surface area contributed by atoms with Gasteiger partial charge in [-0.15, -0.1) is 9.90 Å². The maximum absolute atomic E-state index is 4.77. The quantitative estimate of drug-likeness (QED) is 0.322. The summed E-state index contributed by atoms with van der Waals surface area (Å²) >= 11 is 1.45. The maximum atomic E-state index is 4.77. The fourth-order valence-electron chi connectivity index (χ4n) is 3.43. The minimum absolute atomic E-state index is 0.608. The fourth-order valence-corrected chi connectivity index (χ4v) is 3.94. The Morgan fingerprint density at radius 2 is 1.10 bits per heavy atom. The van der Waals surface area contributed by atoms with E-state index in [-0.39, 0.29) is 0 Å². The van der Waals surface area contributed by atoms with E-state index in [0.717, 1.165) is 16.7 Å². The SMILES string of the molecule is CC.CN(C)Sc1nnn(C(c2ccccc2)(c2ccccc2)c2ccccc2)n1. The first-order valence-corrected chi connectivity index (χ1v) is 10.8. The summed E-state index contributed by atoms with van der Waals surface area (Å²) in [4.78, 5) is 1.73. The molecule has 0 aliphatic heterocycles. The Hall–Kier alpha value is -2.96. The van der Waals surface area contributed by atoms with E-state index in [2.05, 4.69) is 46.7 Å². The number of benzene rings is 3. The van der Waals surface area contributed by atoms with E-state index in [1.54, 1.807) is 4.80 Å². The van der Waals surface area contributed by atoms with Crippen molar-refractivity contribution >= 4 is 11.9 Å². The summed E-state index contributed by atoms with van der Waals surface area (Å²) < 4.78 is 1.95. The molecule has 1 heterocycles. The second kappa shape index (κ2) is 10.2. The summed E-state index contributed by atoms with van der Waals surface area (Å²) in [5.74, 6) is 0. The summed E-state index contributed by atoms with van der Waals surface area (Å²) in [5, 5.41) is 14.2. The second-order valence-electron chi connectivity index (χ2n) is 6.57. The summed E-state index contributed by atoms with van der Waals surface area (Å²) in [5.41, 5.74) is 2.51. The fraction of sp³-hybridized carbons (Fsp3) is 0.208. The predicted octanol–water partition coefficient (Wildman–Crippen LogP) is 5.11. The molecule has 1 aromatic heterocycles. The summed E-state index contributed by atoms with van der Waals surface area (Å²) in [7, 11) is 3.93. The lowest BCUT2D eigenvalue weighted by atomic mass is 9.77. The van der Waals surface area contributed by atoms with Gasteiger partial charge in [0.2, 0.25) is 5.16 Å². The molecule has 0 amide bonds. The molecule has 0 aliphatic rings. The molecule has 0 aliphatic carbocycles. The van der Waals surface area contributed by atoms with Crippen molar-refractivity contribution in [3.8, 4) is 0 Å². The van der Waals surface area contributed by atoms with Crippen molar-refractivity contribution in [2.24, 2.45) is 0 Å². The van der Waals surface area contributed by atoms with E-state index < -0.39 is 5.54 Å². The van der Waals surface area contributed by atoms with Crippen LogP contribution in [0.3, 0.4) is 0 Å². The molecule has 0 unspecified atom stereocenters. The van der Waals surface area contributed by atoms with Crippen LogP contribution in [0.2, 0.25) is 0 Å². The third-order valence-electron chi connectivity index (χ3n) is 4.53. The van der Waals surface area contributed by atoms with E-state index in [1.165, 1.54) is 11.9 Å². The average Bonchev–Trinajstić information content (AvgIpc) is 3.26. The van der Waals surface area contributed by atoms with Gasteiger partial charge in [0.25, 0.3) is 0 Å². The molecular formula is C24H27N5S. The zero-order chi connectivity index (χ0) is 21.4. The number of rotatable bonds is 6. The summed E-state index contributed by atoms with van der Waals surface area (Å²) in [6.45, 7) is 4.00. The standard InChI is InChI=1S/C22H21N5S.C2H6/c1-26(2)28-21-23-25-27(24-21)22(18-12-6-3-7-13-18,19-14-8-4-9-15-19)20-16-10-5-11-17-20;1-2/h3-17H,1-2H3;1-2H3. The summed E-state index contributed by atoms with van der Waals surface area (Å²) in [6.07, 6.45) is 0. The van der Waals surface area contributed by atoms with Gasteiger partial charge in [0, 0.05) is 11.9 Å². The van der Waals surface area contributed by atoms with Gasteiger partial charge < -0.3 is 0 Å². The highest BCUT2D eigenvalue weighted by atomic mass is 32.2. The molecule has 5 nitrogen and oxygen atoms in total. The highest BCUT2D eigenvalue weighted by molar-refractivity contribution is 7.96. The maximum Gasteiger partial charge on any atom is 0.246 e. The molecule has 0 N–H and O–H groups in total. The molecule has 3 aromatic carbocycles. The normalized spacial score (nSPS) is 11.1. The molecule has 154 valence electrons. The van der Waals surface area contributed by atoms with Gasteiger partial charge >= 0.3 is 0 Å². The molecule has 4 aromatic rings. The van der Waals surface area contributed by atoms with Crippen LogP contribution in [-0.4, -0.2) is 38.6 Å². The lowest BCUT2D eigenvalue weighted by molar-refractivity contribution is 0.392. The molecule has 0 spiro atoms. The molecule has 0 atom stereocenters. The van der Waals surface area contributed by atoms with Crippen molar-refractivity contribution in [3.05, 3.63) is 108 Å². The van der Waals surface area contributed by atoms with Crippen LogP contribution >= 0.6 is 11.9 Å². The largest absolute Gasteiger partial charge is 0.250 e. The minimum Gasteiger partial charge on any atom is -0.250 e. The zero-order valence-corrected chi connectivity index (χ0v) is 18.6. The van der Waals surface area contributed by atoms with Crippen molar-refractivity contribution in [1.29, 1.82) is 0 Å². The minimum atomic E-state index is -0.720. The molecule has 0 saturated carbocycles. The smallest absolute Gasteiger partial charge is 0.246 e.